The van der Waals surface area contributed by atoms with Gasteiger partial charge in [-0.05, 0) is 6.42 Å². The zero-order valence-corrected chi connectivity index (χ0v) is 15.0. The molecule has 0 aliphatic carbocycles. The van der Waals surface area contributed by atoms with Gasteiger partial charge in [-0.15, -0.1) is 0 Å². The lowest BCUT2D eigenvalue weighted by molar-refractivity contribution is -0.138. The number of alkyl carbamates (subject to hydrolysis) is 1. The first-order valence-corrected chi connectivity index (χ1v) is 8.51. The molecule has 0 rings (SSSR count). The Hall–Kier alpha value is -1.61. The van der Waals surface area contributed by atoms with Crippen LogP contribution in [0.25, 0.3) is 0 Å². The first-order valence-electron chi connectivity index (χ1n) is 7.53. The van der Waals surface area contributed by atoms with Crippen molar-refractivity contribution in [3.8, 4) is 0 Å². The SMILES string of the molecule is CC(=O)SCCNC(=O)OCC(C)(C)[C@@H](O)C(=O)CCCC(=O)O. The molecule has 0 heterocycles. The Balaban J connectivity index is 4.16. The van der Waals surface area contributed by atoms with Gasteiger partial charge in [-0.25, -0.2) is 4.79 Å². The number of ketones is 1. The summed E-state index contributed by atoms with van der Waals surface area (Å²) >= 11 is 1.08. The molecule has 0 radical (unpaired) electrons. The van der Waals surface area contributed by atoms with Gasteiger partial charge in [0.15, 0.2) is 10.9 Å². The highest BCUT2D eigenvalue weighted by Gasteiger charge is 2.34. The molecule has 0 aliphatic heterocycles. The van der Waals surface area contributed by atoms with Crippen LogP contribution >= 0.6 is 11.8 Å². The molecular formula is C15H25NO7S. The molecule has 24 heavy (non-hydrogen) atoms. The standard InChI is InChI=1S/C15H25NO7S/c1-10(17)24-8-7-16-14(22)23-9-15(2,3)13(21)11(18)5-4-6-12(19)20/h13,21H,4-9H2,1-3H3,(H,16,22)(H,19,20)/t13-/m0/s1. The molecule has 8 nitrogen and oxygen atoms in total. The summed E-state index contributed by atoms with van der Waals surface area (Å²) in [6, 6.07) is 0. The number of carbonyl (C=O) groups excluding carboxylic acids is 3. The van der Waals surface area contributed by atoms with Gasteiger partial charge >= 0.3 is 12.1 Å². The lowest BCUT2D eigenvalue weighted by Gasteiger charge is -2.28. The zero-order valence-electron chi connectivity index (χ0n) is 14.2. The number of hydrogen-bond donors (Lipinski definition) is 3. The molecule has 9 heteroatoms. The molecule has 1 atom stereocenters. The number of thioether (sulfide) groups is 1. The van der Waals surface area contributed by atoms with Crippen LogP contribution in [0.3, 0.4) is 0 Å². The summed E-state index contributed by atoms with van der Waals surface area (Å²) in [5.74, 6) is -1.05. The number of aliphatic hydroxyl groups is 1. The minimum absolute atomic E-state index is 0.0455. The van der Waals surface area contributed by atoms with Crippen LogP contribution in [-0.2, 0) is 19.1 Å². The number of amides is 1. The van der Waals surface area contributed by atoms with Gasteiger partial charge in [0.2, 0.25) is 0 Å². The molecule has 0 saturated heterocycles. The Kier molecular flexibility index (Phi) is 10.3. The summed E-state index contributed by atoms with van der Waals surface area (Å²) in [6.45, 7) is 4.67. The van der Waals surface area contributed by atoms with Crippen molar-refractivity contribution in [2.24, 2.45) is 5.41 Å². The van der Waals surface area contributed by atoms with E-state index in [1.165, 1.54) is 6.92 Å². The van der Waals surface area contributed by atoms with Crippen molar-refractivity contribution in [2.45, 2.75) is 46.1 Å². The maximum Gasteiger partial charge on any atom is 0.407 e. The number of carboxylic acids is 1. The highest BCUT2D eigenvalue weighted by atomic mass is 32.2. The molecular weight excluding hydrogens is 338 g/mol. The van der Waals surface area contributed by atoms with E-state index in [1.54, 1.807) is 13.8 Å². The first-order chi connectivity index (χ1) is 11.1. The summed E-state index contributed by atoms with van der Waals surface area (Å²) in [5.41, 5.74) is -0.994. The van der Waals surface area contributed by atoms with Crippen LogP contribution in [0.5, 0.6) is 0 Å². The van der Waals surface area contributed by atoms with Crippen molar-refractivity contribution in [1.29, 1.82) is 0 Å². The number of Topliss-reactive ketones (excluding diaryl/α,β-unsaturated/α-hetero) is 1. The van der Waals surface area contributed by atoms with Gasteiger partial charge in [0.25, 0.3) is 0 Å². The van der Waals surface area contributed by atoms with E-state index >= 15 is 0 Å². The number of aliphatic hydroxyl groups excluding tert-OH is 1. The van der Waals surface area contributed by atoms with Crippen molar-refractivity contribution in [3.05, 3.63) is 0 Å². The van der Waals surface area contributed by atoms with E-state index in [-0.39, 0.29) is 37.5 Å². The van der Waals surface area contributed by atoms with E-state index in [2.05, 4.69) is 5.32 Å². The number of carbonyl (C=O) groups is 4. The molecule has 3 N–H and O–H groups in total. The molecule has 0 spiro atoms. The number of rotatable bonds is 11. The molecule has 0 saturated carbocycles. The van der Waals surface area contributed by atoms with Crippen LogP contribution in [0.4, 0.5) is 4.79 Å². The van der Waals surface area contributed by atoms with Gasteiger partial charge in [-0.3, -0.25) is 14.4 Å². The summed E-state index contributed by atoms with van der Waals surface area (Å²) in [7, 11) is 0. The second-order valence-corrected chi connectivity index (χ2v) is 7.22. The molecule has 0 bridgehead atoms. The van der Waals surface area contributed by atoms with Crippen molar-refractivity contribution in [2.75, 3.05) is 18.9 Å². The molecule has 0 aliphatic rings. The fourth-order valence-electron chi connectivity index (χ4n) is 1.72. The predicted molar refractivity (Wildman–Crippen MR) is 88.8 cm³/mol. The smallest absolute Gasteiger partial charge is 0.407 e. The van der Waals surface area contributed by atoms with Crippen molar-refractivity contribution >= 4 is 34.7 Å². The Morgan fingerprint density at radius 1 is 1.21 bits per heavy atom. The summed E-state index contributed by atoms with van der Waals surface area (Å²) < 4.78 is 4.98. The maximum atomic E-state index is 11.9. The largest absolute Gasteiger partial charge is 0.481 e. The fourth-order valence-corrected chi connectivity index (χ4v) is 2.21. The normalized spacial score (nSPS) is 12.3. The average molecular weight is 363 g/mol. The topological polar surface area (TPSA) is 130 Å². The number of ether oxygens (including phenoxy) is 1. The molecule has 0 fully saturated rings. The van der Waals surface area contributed by atoms with Gasteiger partial charge in [0.1, 0.15) is 12.7 Å². The molecule has 0 aromatic rings. The number of aliphatic carboxylic acids is 1. The van der Waals surface area contributed by atoms with E-state index in [9.17, 15) is 24.3 Å². The highest BCUT2D eigenvalue weighted by molar-refractivity contribution is 8.13. The van der Waals surface area contributed by atoms with Gasteiger partial charge in [-0.1, -0.05) is 25.6 Å². The third-order valence-electron chi connectivity index (χ3n) is 3.11. The van der Waals surface area contributed by atoms with Crippen LogP contribution in [0, 0.1) is 5.41 Å². The molecule has 138 valence electrons. The van der Waals surface area contributed by atoms with Crippen LogP contribution in [0.1, 0.15) is 40.0 Å². The van der Waals surface area contributed by atoms with Gasteiger partial charge in [0, 0.05) is 37.5 Å². The number of nitrogens with one attached hydrogen (secondary N) is 1. The van der Waals surface area contributed by atoms with Crippen LogP contribution in [-0.4, -0.2) is 58.2 Å². The molecule has 1 amide bonds. The van der Waals surface area contributed by atoms with E-state index in [1.807, 2.05) is 0 Å². The van der Waals surface area contributed by atoms with Crippen LogP contribution < -0.4 is 5.32 Å². The van der Waals surface area contributed by atoms with Crippen LogP contribution in [0.2, 0.25) is 0 Å². The average Bonchev–Trinajstić information content (AvgIpc) is 2.48. The van der Waals surface area contributed by atoms with E-state index < -0.39 is 29.4 Å². The highest BCUT2D eigenvalue weighted by Crippen LogP contribution is 2.23. The fraction of sp³-hybridized carbons (Fsp3) is 0.733. The lowest BCUT2D eigenvalue weighted by atomic mass is 9.84. The maximum absolute atomic E-state index is 11.9. The Labute approximate surface area is 145 Å². The number of hydrogen-bond acceptors (Lipinski definition) is 7. The van der Waals surface area contributed by atoms with E-state index in [0.717, 1.165) is 11.8 Å². The summed E-state index contributed by atoms with van der Waals surface area (Å²) in [4.78, 5) is 44.5. The number of carboxylic acid groups (broad SMARTS) is 1. The Bertz CT molecular complexity index is 465. The monoisotopic (exact) mass is 363 g/mol. The predicted octanol–water partition coefficient (Wildman–Crippen LogP) is 1.20. The van der Waals surface area contributed by atoms with E-state index in [4.69, 9.17) is 9.84 Å². The summed E-state index contributed by atoms with van der Waals surface area (Å²) in [5, 5.41) is 21.0. The second-order valence-electron chi connectivity index (χ2n) is 5.95. The quantitative estimate of drug-likeness (QED) is 0.467. The minimum atomic E-state index is -1.35. The zero-order chi connectivity index (χ0) is 18.8. The van der Waals surface area contributed by atoms with Gasteiger partial charge < -0.3 is 20.3 Å². The second kappa shape index (κ2) is 11.0. The van der Waals surface area contributed by atoms with Gasteiger partial charge in [0.05, 0.1) is 0 Å². The van der Waals surface area contributed by atoms with Gasteiger partial charge in [-0.2, -0.15) is 0 Å². The third kappa shape index (κ3) is 10.2. The first kappa shape index (κ1) is 22.4. The Morgan fingerprint density at radius 3 is 2.38 bits per heavy atom. The lowest BCUT2D eigenvalue weighted by Crippen LogP contribution is -2.41. The Morgan fingerprint density at radius 2 is 1.83 bits per heavy atom. The van der Waals surface area contributed by atoms with E-state index in [0.29, 0.717) is 5.75 Å². The molecule has 0 unspecified atom stereocenters. The molecule has 0 aromatic carbocycles. The van der Waals surface area contributed by atoms with Crippen molar-refractivity contribution < 1.29 is 34.1 Å². The molecule has 0 aromatic heterocycles. The van der Waals surface area contributed by atoms with Crippen molar-refractivity contribution in [3.63, 3.8) is 0 Å². The third-order valence-corrected chi connectivity index (χ3v) is 3.93. The van der Waals surface area contributed by atoms with Crippen LogP contribution in [0.15, 0.2) is 0 Å². The van der Waals surface area contributed by atoms with Crippen molar-refractivity contribution in [1.82, 2.24) is 5.32 Å². The minimum Gasteiger partial charge on any atom is -0.481 e. The summed E-state index contributed by atoms with van der Waals surface area (Å²) in [6.07, 6.45) is -2.09.